The van der Waals surface area contributed by atoms with Crippen molar-refractivity contribution in [3.63, 3.8) is 0 Å². The van der Waals surface area contributed by atoms with Gasteiger partial charge < -0.3 is 15.7 Å². The summed E-state index contributed by atoms with van der Waals surface area (Å²) in [5.41, 5.74) is 0.785. The molecule has 112 valence electrons. The van der Waals surface area contributed by atoms with Gasteiger partial charge in [0.25, 0.3) is 0 Å². The quantitative estimate of drug-likeness (QED) is 0.772. The summed E-state index contributed by atoms with van der Waals surface area (Å²) < 4.78 is 0. The van der Waals surface area contributed by atoms with Crippen molar-refractivity contribution in [1.29, 1.82) is 0 Å². The van der Waals surface area contributed by atoms with Crippen molar-refractivity contribution >= 4 is 11.8 Å². The fourth-order valence-electron chi connectivity index (χ4n) is 2.70. The second-order valence-electron chi connectivity index (χ2n) is 6.00. The molecular weight excluding hydrogens is 252 g/mol. The number of hydrogen-bond donors (Lipinski definition) is 3. The van der Waals surface area contributed by atoms with E-state index in [1.54, 1.807) is 0 Å². The van der Waals surface area contributed by atoms with Crippen LogP contribution >= 0.6 is 0 Å². The Bertz CT molecular complexity index is 441. The van der Waals surface area contributed by atoms with Gasteiger partial charge in [-0.05, 0) is 45.4 Å². The number of aryl methyl sites for hydroxylation is 1. The van der Waals surface area contributed by atoms with Crippen molar-refractivity contribution in [2.45, 2.75) is 52.0 Å². The van der Waals surface area contributed by atoms with Crippen molar-refractivity contribution in [3.8, 4) is 0 Å². The fraction of sp³-hybridized carbons (Fsp3) is 0.733. The molecule has 5 nitrogen and oxygen atoms in total. The molecule has 0 atom stereocenters. The Hall–Kier alpha value is -1.36. The van der Waals surface area contributed by atoms with Gasteiger partial charge in [0, 0.05) is 18.3 Å². The van der Waals surface area contributed by atoms with E-state index < -0.39 is 0 Å². The molecule has 0 saturated heterocycles. The molecule has 1 aromatic rings. The summed E-state index contributed by atoms with van der Waals surface area (Å²) in [4.78, 5) is 8.78. The Labute approximate surface area is 121 Å². The number of aliphatic hydroxyl groups excluding tert-OH is 1. The highest BCUT2D eigenvalue weighted by atomic mass is 16.3. The molecule has 0 amide bonds. The predicted octanol–water partition coefficient (Wildman–Crippen LogP) is 2.57. The summed E-state index contributed by atoms with van der Waals surface area (Å²) in [5, 5.41) is 16.4. The standard InChI is InChI=1S/C15H26N4O/c1-4-16-14-17-9-12(3)13(18-14)19-15(10-20)7-5-11(2)6-8-15/h9,11,20H,4-8,10H2,1-3H3,(H2,16,17,18,19). The molecule has 2 rings (SSSR count). The molecule has 0 aliphatic heterocycles. The maximum absolute atomic E-state index is 9.83. The number of aromatic nitrogens is 2. The molecule has 0 spiro atoms. The topological polar surface area (TPSA) is 70.1 Å². The van der Waals surface area contributed by atoms with E-state index in [1.165, 1.54) is 0 Å². The van der Waals surface area contributed by atoms with Gasteiger partial charge in [0.15, 0.2) is 0 Å². The third-order valence-corrected chi connectivity index (χ3v) is 4.22. The van der Waals surface area contributed by atoms with E-state index in [0.29, 0.717) is 5.95 Å². The van der Waals surface area contributed by atoms with Crippen LogP contribution in [0.5, 0.6) is 0 Å². The smallest absolute Gasteiger partial charge is 0.224 e. The van der Waals surface area contributed by atoms with Crippen LogP contribution < -0.4 is 10.6 Å². The van der Waals surface area contributed by atoms with Crippen molar-refractivity contribution < 1.29 is 5.11 Å². The zero-order valence-electron chi connectivity index (χ0n) is 12.7. The molecule has 3 N–H and O–H groups in total. The second kappa shape index (κ2) is 6.39. The molecule has 1 aromatic heterocycles. The Morgan fingerprint density at radius 3 is 2.70 bits per heavy atom. The van der Waals surface area contributed by atoms with Gasteiger partial charge in [-0.3, -0.25) is 0 Å². The molecule has 1 saturated carbocycles. The third-order valence-electron chi connectivity index (χ3n) is 4.22. The first-order chi connectivity index (χ1) is 9.58. The van der Waals surface area contributed by atoms with Crippen LogP contribution in [0.3, 0.4) is 0 Å². The number of nitrogens with one attached hydrogen (secondary N) is 2. The fourth-order valence-corrected chi connectivity index (χ4v) is 2.70. The third kappa shape index (κ3) is 3.39. The zero-order chi connectivity index (χ0) is 14.6. The first-order valence-corrected chi connectivity index (χ1v) is 7.55. The lowest BCUT2D eigenvalue weighted by Crippen LogP contribution is -2.45. The zero-order valence-corrected chi connectivity index (χ0v) is 12.7. The summed E-state index contributed by atoms with van der Waals surface area (Å²) in [6, 6.07) is 0. The molecule has 5 heteroatoms. The minimum Gasteiger partial charge on any atom is -0.394 e. The Kier molecular flexibility index (Phi) is 4.81. The normalized spacial score (nSPS) is 26.3. The predicted molar refractivity (Wildman–Crippen MR) is 82.0 cm³/mol. The molecule has 1 fully saturated rings. The van der Waals surface area contributed by atoms with E-state index in [1.807, 2.05) is 20.0 Å². The molecule has 0 bridgehead atoms. The summed E-state index contributed by atoms with van der Waals surface area (Å²) >= 11 is 0. The first kappa shape index (κ1) is 15.0. The highest BCUT2D eigenvalue weighted by molar-refractivity contribution is 5.48. The second-order valence-corrected chi connectivity index (χ2v) is 6.00. The average Bonchev–Trinajstić information content (AvgIpc) is 2.46. The number of nitrogens with zero attached hydrogens (tertiary/aromatic N) is 2. The van der Waals surface area contributed by atoms with Gasteiger partial charge in [0.1, 0.15) is 5.82 Å². The molecule has 1 heterocycles. The highest BCUT2D eigenvalue weighted by Crippen LogP contribution is 2.34. The molecule has 0 radical (unpaired) electrons. The van der Waals surface area contributed by atoms with Crippen molar-refractivity contribution in [1.82, 2.24) is 9.97 Å². The molecular formula is C15H26N4O. The monoisotopic (exact) mass is 278 g/mol. The lowest BCUT2D eigenvalue weighted by molar-refractivity contribution is 0.155. The van der Waals surface area contributed by atoms with Gasteiger partial charge in [0.2, 0.25) is 5.95 Å². The Balaban J connectivity index is 2.16. The van der Waals surface area contributed by atoms with Crippen LogP contribution in [0.4, 0.5) is 11.8 Å². The highest BCUT2D eigenvalue weighted by Gasteiger charge is 2.34. The molecule has 1 aliphatic carbocycles. The molecule has 0 aromatic carbocycles. The summed E-state index contributed by atoms with van der Waals surface area (Å²) in [5.74, 6) is 2.22. The number of aliphatic hydroxyl groups is 1. The van der Waals surface area contributed by atoms with E-state index in [-0.39, 0.29) is 12.1 Å². The van der Waals surface area contributed by atoms with Gasteiger partial charge in [-0.15, -0.1) is 0 Å². The van der Waals surface area contributed by atoms with E-state index in [2.05, 4.69) is 27.5 Å². The van der Waals surface area contributed by atoms with E-state index >= 15 is 0 Å². The van der Waals surface area contributed by atoms with E-state index in [9.17, 15) is 5.11 Å². The summed E-state index contributed by atoms with van der Waals surface area (Å²) in [6.45, 7) is 7.24. The van der Waals surface area contributed by atoms with Crippen molar-refractivity contribution in [3.05, 3.63) is 11.8 Å². The minimum atomic E-state index is -0.227. The van der Waals surface area contributed by atoms with Crippen LogP contribution in [-0.4, -0.2) is 33.8 Å². The number of anilines is 2. The van der Waals surface area contributed by atoms with Gasteiger partial charge >= 0.3 is 0 Å². The van der Waals surface area contributed by atoms with Gasteiger partial charge in [0.05, 0.1) is 12.1 Å². The summed E-state index contributed by atoms with van der Waals surface area (Å²) in [6.07, 6.45) is 6.11. The van der Waals surface area contributed by atoms with Gasteiger partial charge in [-0.1, -0.05) is 6.92 Å². The van der Waals surface area contributed by atoms with Crippen LogP contribution in [0.1, 0.15) is 45.1 Å². The van der Waals surface area contributed by atoms with Crippen LogP contribution in [0.2, 0.25) is 0 Å². The first-order valence-electron chi connectivity index (χ1n) is 7.55. The minimum absolute atomic E-state index is 0.152. The van der Waals surface area contributed by atoms with Crippen molar-refractivity contribution in [2.75, 3.05) is 23.8 Å². The van der Waals surface area contributed by atoms with Gasteiger partial charge in [-0.25, -0.2) is 4.98 Å². The largest absolute Gasteiger partial charge is 0.394 e. The van der Waals surface area contributed by atoms with Crippen LogP contribution in [0.15, 0.2) is 6.20 Å². The average molecular weight is 278 g/mol. The van der Waals surface area contributed by atoms with Crippen LogP contribution in [0.25, 0.3) is 0 Å². The summed E-state index contributed by atoms with van der Waals surface area (Å²) in [7, 11) is 0. The number of rotatable bonds is 5. The van der Waals surface area contributed by atoms with E-state index in [0.717, 1.165) is 49.5 Å². The number of hydrogen-bond acceptors (Lipinski definition) is 5. The van der Waals surface area contributed by atoms with Crippen molar-refractivity contribution in [2.24, 2.45) is 5.92 Å². The lowest BCUT2D eigenvalue weighted by Gasteiger charge is -2.39. The molecule has 20 heavy (non-hydrogen) atoms. The Morgan fingerprint density at radius 2 is 2.10 bits per heavy atom. The van der Waals surface area contributed by atoms with Crippen LogP contribution in [-0.2, 0) is 0 Å². The molecule has 1 aliphatic rings. The van der Waals surface area contributed by atoms with Crippen LogP contribution in [0, 0.1) is 12.8 Å². The van der Waals surface area contributed by atoms with E-state index in [4.69, 9.17) is 0 Å². The van der Waals surface area contributed by atoms with Gasteiger partial charge in [-0.2, -0.15) is 4.98 Å². The lowest BCUT2D eigenvalue weighted by atomic mass is 9.77. The molecule has 0 unspecified atom stereocenters. The SMILES string of the molecule is CCNc1ncc(C)c(NC2(CO)CCC(C)CC2)n1. The Morgan fingerprint density at radius 1 is 1.40 bits per heavy atom. The maximum atomic E-state index is 9.83. The maximum Gasteiger partial charge on any atom is 0.224 e.